The van der Waals surface area contributed by atoms with Gasteiger partial charge in [0.05, 0.1) is 17.6 Å². The van der Waals surface area contributed by atoms with E-state index in [0.29, 0.717) is 27.6 Å². The molecular formula is C24H22ClN5O6S. The van der Waals surface area contributed by atoms with Gasteiger partial charge in [-0.2, -0.15) is 4.98 Å². The van der Waals surface area contributed by atoms with E-state index in [9.17, 15) is 20.0 Å². The SMILES string of the molecule is C=CCOC(=O)C1=C(C)Nc2nc(SCc3ccccc3Cl)nn2C1c1cc(OC)c(O)c([N+](=O)[O-])c1. The second-order valence-electron chi connectivity index (χ2n) is 7.84. The number of esters is 1. The summed E-state index contributed by atoms with van der Waals surface area (Å²) in [4.78, 5) is 28.6. The van der Waals surface area contributed by atoms with Gasteiger partial charge in [-0.1, -0.05) is 54.2 Å². The lowest BCUT2D eigenvalue weighted by Gasteiger charge is -2.28. The van der Waals surface area contributed by atoms with E-state index >= 15 is 0 Å². The summed E-state index contributed by atoms with van der Waals surface area (Å²) in [5.74, 6) is -0.617. The van der Waals surface area contributed by atoms with Gasteiger partial charge in [-0.25, -0.2) is 9.48 Å². The van der Waals surface area contributed by atoms with Crippen LogP contribution < -0.4 is 10.1 Å². The Morgan fingerprint density at radius 1 is 1.41 bits per heavy atom. The number of fused-ring (bicyclic) bond motifs is 1. The number of thioether (sulfide) groups is 1. The number of rotatable bonds is 9. The minimum absolute atomic E-state index is 0.0372. The molecule has 0 saturated heterocycles. The smallest absolute Gasteiger partial charge is 0.338 e. The number of ether oxygens (including phenoxy) is 2. The summed E-state index contributed by atoms with van der Waals surface area (Å²) in [7, 11) is 1.27. The normalized spacial score (nSPS) is 14.5. The van der Waals surface area contributed by atoms with Gasteiger partial charge in [0.15, 0.2) is 5.75 Å². The Bertz CT molecular complexity index is 1420. The fourth-order valence-corrected chi connectivity index (χ4v) is 4.92. The first-order valence-corrected chi connectivity index (χ1v) is 12.2. The Kier molecular flexibility index (Phi) is 7.69. The number of aromatic hydroxyl groups is 1. The van der Waals surface area contributed by atoms with Crippen molar-refractivity contribution in [1.82, 2.24) is 14.8 Å². The number of nitrogens with one attached hydrogen (secondary N) is 1. The van der Waals surface area contributed by atoms with Gasteiger partial charge in [0, 0.05) is 22.5 Å². The molecule has 4 rings (SSSR count). The van der Waals surface area contributed by atoms with Crippen LogP contribution in [0.2, 0.25) is 5.02 Å². The van der Waals surface area contributed by atoms with Crippen LogP contribution in [0.15, 0.2) is 65.5 Å². The van der Waals surface area contributed by atoms with Crippen LogP contribution in [-0.4, -0.2) is 44.5 Å². The number of phenols is 1. The Balaban J connectivity index is 1.81. The van der Waals surface area contributed by atoms with Crippen molar-refractivity contribution in [3.05, 3.63) is 86.6 Å². The molecule has 1 aliphatic rings. The largest absolute Gasteiger partial charge is 0.500 e. The number of halogens is 1. The number of carbonyl (C=O) groups excluding carboxylic acids is 1. The highest BCUT2D eigenvalue weighted by molar-refractivity contribution is 7.98. The summed E-state index contributed by atoms with van der Waals surface area (Å²) in [5.41, 5.74) is 1.16. The molecule has 0 amide bonds. The van der Waals surface area contributed by atoms with Crippen molar-refractivity contribution in [3.8, 4) is 11.5 Å². The number of anilines is 1. The molecule has 11 nitrogen and oxygen atoms in total. The number of phenolic OH excluding ortho intramolecular Hbond substituents is 1. The Hall–Kier alpha value is -4.03. The third-order valence-corrected chi connectivity index (χ3v) is 6.76. The average molecular weight is 544 g/mol. The predicted octanol–water partition coefficient (Wildman–Crippen LogP) is 4.86. The molecule has 0 spiro atoms. The van der Waals surface area contributed by atoms with E-state index in [1.807, 2.05) is 18.2 Å². The number of benzene rings is 2. The molecule has 1 unspecified atom stereocenters. The van der Waals surface area contributed by atoms with Gasteiger partial charge in [0.2, 0.25) is 16.9 Å². The van der Waals surface area contributed by atoms with Crippen LogP contribution in [0.4, 0.5) is 11.6 Å². The van der Waals surface area contributed by atoms with Crippen molar-refractivity contribution in [2.24, 2.45) is 0 Å². The van der Waals surface area contributed by atoms with E-state index in [0.717, 1.165) is 5.56 Å². The molecule has 2 heterocycles. The van der Waals surface area contributed by atoms with E-state index < -0.39 is 28.4 Å². The summed E-state index contributed by atoms with van der Waals surface area (Å²) in [6, 6.07) is 9.02. The maximum Gasteiger partial charge on any atom is 0.338 e. The van der Waals surface area contributed by atoms with Crippen molar-refractivity contribution in [3.63, 3.8) is 0 Å². The van der Waals surface area contributed by atoms with Crippen molar-refractivity contribution in [1.29, 1.82) is 0 Å². The molecule has 192 valence electrons. The van der Waals surface area contributed by atoms with E-state index in [4.69, 9.17) is 21.1 Å². The fraction of sp³-hybridized carbons (Fsp3) is 0.208. The minimum atomic E-state index is -0.969. The number of nitro groups is 1. The van der Waals surface area contributed by atoms with Crippen LogP contribution in [0.1, 0.15) is 24.1 Å². The molecule has 0 aliphatic carbocycles. The molecule has 2 N–H and O–H groups in total. The van der Waals surface area contributed by atoms with Crippen LogP contribution in [-0.2, 0) is 15.3 Å². The maximum atomic E-state index is 13.1. The molecule has 0 saturated carbocycles. The topological polar surface area (TPSA) is 142 Å². The first-order valence-electron chi connectivity index (χ1n) is 10.9. The molecule has 2 aromatic carbocycles. The lowest BCUT2D eigenvalue weighted by molar-refractivity contribution is -0.386. The Morgan fingerprint density at radius 3 is 2.84 bits per heavy atom. The summed E-state index contributed by atoms with van der Waals surface area (Å²) < 4.78 is 11.9. The average Bonchev–Trinajstić information content (AvgIpc) is 3.28. The van der Waals surface area contributed by atoms with Gasteiger partial charge in [-0.15, -0.1) is 5.10 Å². The number of allylic oxidation sites excluding steroid dienone is 1. The zero-order valence-electron chi connectivity index (χ0n) is 19.8. The van der Waals surface area contributed by atoms with E-state index in [1.54, 1.807) is 13.0 Å². The van der Waals surface area contributed by atoms with Crippen LogP contribution in [0, 0.1) is 10.1 Å². The van der Waals surface area contributed by atoms with Crippen LogP contribution in [0.25, 0.3) is 0 Å². The zero-order chi connectivity index (χ0) is 26.7. The van der Waals surface area contributed by atoms with E-state index in [1.165, 1.54) is 41.8 Å². The number of nitrogens with zero attached hydrogens (tertiary/aromatic N) is 4. The van der Waals surface area contributed by atoms with Crippen molar-refractivity contribution >= 4 is 41.0 Å². The summed E-state index contributed by atoms with van der Waals surface area (Å²) in [6.45, 7) is 5.19. The van der Waals surface area contributed by atoms with E-state index in [2.05, 4.69) is 22.0 Å². The Morgan fingerprint density at radius 2 is 2.16 bits per heavy atom. The molecule has 0 fully saturated rings. The second kappa shape index (κ2) is 10.9. The van der Waals surface area contributed by atoms with Crippen LogP contribution in [0.3, 0.4) is 0 Å². The highest BCUT2D eigenvalue weighted by atomic mass is 35.5. The maximum absolute atomic E-state index is 13.1. The highest BCUT2D eigenvalue weighted by Gasteiger charge is 2.37. The molecular weight excluding hydrogens is 522 g/mol. The number of methoxy groups -OCH3 is 1. The standard InChI is InChI=1S/C24H22ClN5O6S/c1-4-9-36-22(32)19-13(2)26-23-27-24(37-12-14-7-5-6-8-16(14)25)28-29(23)20(19)15-10-17(30(33)34)21(31)18(11-15)35-3/h4-8,10-11,20,31H,1,9,12H2,2-3H3,(H,26,27,28). The molecule has 1 aromatic heterocycles. The Labute approximate surface area is 220 Å². The number of nitro benzene ring substituents is 1. The second-order valence-corrected chi connectivity index (χ2v) is 9.19. The zero-order valence-corrected chi connectivity index (χ0v) is 21.4. The van der Waals surface area contributed by atoms with Crippen molar-refractivity contribution in [2.75, 3.05) is 19.0 Å². The minimum Gasteiger partial charge on any atom is -0.500 e. The number of hydrogen-bond acceptors (Lipinski definition) is 10. The summed E-state index contributed by atoms with van der Waals surface area (Å²) >= 11 is 7.60. The lowest BCUT2D eigenvalue weighted by atomic mass is 9.95. The number of hydrogen-bond donors (Lipinski definition) is 2. The highest BCUT2D eigenvalue weighted by Crippen LogP contribution is 2.43. The van der Waals surface area contributed by atoms with Gasteiger partial charge >= 0.3 is 11.7 Å². The van der Waals surface area contributed by atoms with Crippen molar-refractivity contribution in [2.45, 2.75) is 23.9 Å². The first-order chi connectivity index (χ1) is 17.7. The van der Waals surface area contributed by atoms with Gasteiger partial charge in [-0.3, -0.25) is 10.1 Å². The molecule has 3 aromatic rings. The van der Waals surface area contributed by atoms with Gasteiger partial charge in [-0.05, 0) is 30.2 Å². The number of carbonyl (C=O) groups is 1. The van der Waals surface area contributed by atoms with Crippen molar-refractivity contribution < 1.29 is 24.3 Å². The predicted molar refractivity (Wildman–Crippen MR) is 138 cm³/mol. The molecule has 0 bridgehead atoms. The molecule has 13 heteroatoms. The fourth-order valence-electron chi connectivity index (χ4n) is 3.80. The van der Waals surface area contributed by atoms with Crippen LogP contribution in [0.5, 0.6) is 11.5 Å². The third kappa shape index (κ3) is 5.25. The monoisotopic (exact) mass is 543 g/mol. The molecule has 1 atom stereocenters. The molecule has 1 aliphatic heterocycles. The summed E-state index contributed by atoms with van der Waals surface area (Å²) in [6.07, 6.45) is 1.43. The lowest BCUT2D eigenvalue weighted by Crippen LogP contribution is -2.29. The molecule has 0 radical (unpaired) electrons. The first kappa shape index (κ1) is 26.0. The third-order valence-electron chi connectivity index (χ3n) is 5.51. The van der Waals surface area contributed by atoms with Gasteiger partial charge in [0.1, 0.15) is 12.6 Å². The van der Waals surface area contributed by atoms with E-state index in [-0.39, 0.29) is 23.5 Å². The number of aromatic nitrogens is 3. The van der Waals surface area contributed by atoms with Gasteiger partial charge < -0.3 is 19.9 Å². The summed E-state index contributed by atoms with van der Waals surface area (Å²) in [5, 5.41) is 30.6. The van der Waals surface area contributed by atoms with Gasteiger partial charge in [0.25, 0.3) is 0 Å². The molecule has 37 heavy (non-hydrogen) atoms. The quantitative estimate of drug-likeness (QED) is 0.126. The van der Waals surface area contributed by atoms with Crippen LogP contribution >= 0.6 is 23.4 Å².